The quantitative estimate of drug-likeness (QED) is 0.894. The van der Waals surface area contributed by atoms with E-state index >= 15 is 0 Å². The first-order valence-electron chi connectivity index (χ1n) is 6.91. The van der Waals surface area contributed by atoms with Crippen LogP contribution in [-0.4, -0.2) is 10.1 Å². The number of benzene rings is 1. The zero-order valence-electron chi connectivity index (χ0n) is 11.9. The highest BCUT2D eigenvalue weighted by Crippen LogP contribution is 2.23. The van der Waals surface area contributed by atoms with E-state index in [9.17, 15) is 5.11 Å². The summed E-state index contributed by atoms with van der Waals surface area (Å²) in [5.41, 5.74) is 3.14. The Kier molecular flexibility index (Phi) is 5.16. The third-order valence-electron chi connectivity index (χ3n) is 3.28. The average Bonchev–Trinajstić information content (AvgIpc) is 2.41. The lowest BCUT2D eigenvalue weighted by atomic mass is 9.98. The van der Waals surface area contributed by atoms with Crippen LogP contribution in [0.1, 0.15) is 36.6 Å². The molecule has 0 amide bonds. The first-order valence-corrected chi connectivity index (χ1v) is 7.29. The summed E-state index contributed by atoms with van der Waals surface area (Å²) in [4.78, 5) is 3.95. The van der Waals surface area contributed by atoms with Crippen LogP contribution >= 0.6 is 11.6 Å². The third kappa shape index (κ3) is 4.06. The zero-order chi connectivity index (χ0) is 14.5. The maximum absolute atomic E-state index is 10.3. The highest BCUT2D eigenvalue weighted by molar-refractivity contribution is 6.31. The predicted octanol–water partition coefficient (Wildman–Crippen LogP) is 4.21. The average molecular weight is 290 g/mol. The summed E-state index contributed by atoms with van der Waals surface area (Å²) in [5, 5.41) is 10.9. The van der Waals surface area contributed by atoms with E-state index in [1.807, 2.05) is 18.2 Å². The van der Waals surface area contributed by atoms with Gasteiger partial charge >= 0.3 is 0 Å². The molecule has 1 N–H and O–H groups in total. The Morgan fingerprint density at radius 3 is 2.40 bits per heavy atom. The summed E-state index contributed by atoms with van der Waals surface area (Å²) in [6.07, 6.45) is 4.33. The Hall–Kier alpha value is -1.38. The molecule has 0 saturated heterocycles. The summed E-state index contributed by atoms with van der Waals surface area (Å²) in [6, 6.07) is 10.0. The minimum Gasteiger partial charge on any atom is -0.388 e. The Labute approximate surface area is 125 Å². The molecule has 106 valence electrons. The van der Waals surface area contributed by atoms with Crippen LogP contribution in [0.5, 0.6) is 0 Å². The van der Waals surface area contributed by atoms with Gasteiger partial charge in [-0.3, -0.25) is 4.98 Å². The maximum atomic E-state index is 10.3. The largest absolute Gasteiger partial charge is 0.388 e. The number of aliphatic hydroxyl groups is 1. The van der Waals surface area contributed by atoms with Gasteiger partial charge in [-0.05, 0) is 35.1 Å². The van der Waals surface area contributed by atoms with Crippen molar-refractivity contribution in [3.05, 3.63) is 64.4 Å². The molecule has 3 heteroatoms. The fraction of sp³-hybridized carbons (Fsp3) is 0.353. The van der Waals surface area contributed by atoms with Crippen LogP contribution < -0.4 is 0 Å². The van der Waals surface area contributed by atoms with Gasteiger partial charge in [0.25, 0.3) is 0 Å². The number of nitrogens with zero attached hydrogens (tertiary/aromatic N) is 1. The maximum Gasteiger partial charge on any atom is 0.0830 e. The second-order valence-corrected chi connectivity index (χ2v) is 5.93. The Bertz CT molecular complexity index is 551. The normalized spacial score (nSPS) is 12.7. The van der Waals surface area contributed by atoms with E-state index in [-0.39, 0.29) is 0 Å². The van der Waals surface area contributed by atoms with E-state index in [1.165, 1.54) is 5.56 Å². The molecule has 0 aliphatic heterocycles. The highest BCUT2D eigenvalue weighted by atomic mass is 35.5. The molecule has 2 aromatic rings. The molecule has 2 nitrogen and oxygen atoms in total. The van der Waals surface area contributed by atoms with Gasteiger partial charge in [0.2, 0.25) is 0 Å². The van der Waals surface area contributed by atoms with Crippen molar-refractivity contribution < 1.29 is 5.11 Å². The molecule has 0 bridgehead atoms. The molecule has 0 aliphatic carbocycles. The molecule has 1 atom stereocenters. The molecule has 0 radical (unpaired) electrons. The zero-order valence-corrected chi connectivity index (χ0v) is 12.6. The molecule has 1 aromatic heterocycles. The topological polar surface area (TPSA) is 33.1 Å². The molecule has 0 saturated carbocycles. The third-order valence-corrected chi connectivity index (χ3v) is 3.62. The fourth-order valence-electron chi connectivity index (χ4n) is 2.24. The standard InChI is InChI=1S/C17H20ClNO/c1-12(2)9-13-3-5-14(6-4-13)17(20)10-15-7-8-19-11-16(15)18/h3-8,11-12,17,20H,9-10H2,1-2H3. The van der Waals surface area contributed by atoms with Crippen LogP contribution in [0.2, 0.25) is 5.02 Å². The lowest BCUT2D eigenvalue weighted by molar-refractivity contribution is 0.178. The Morgan fingerprint density at radius 2 is 1.80 bits per heavy atom. The van der Waals surface area contributed by atoms with Crippen molar-refractivity contribution in [2.24, 2.45) is 5.92 Å². The van der Waals surface area contributed by atoms with Gasteiger partial charge < -0.3 is 5.11 Å². The monoisotopic (exact) mass is 289 g/mol. The van der Waals surface area contributed by atoms with Gasteiger partial charge in [0, 0.05) is 18.8 Å². The van der Waals surface area contributed by atoms with Crippen LogP contribution in [0.4, 0.5) is 0 Å². The smallest absolute Gasteiger partial charge is 0.0830 e. The molecule has 2 rings (SSSR count). The highest BCUT2D eigenvalue weighted by Gasteiger charge is 2.11. The van der Waals surface area contributed by atoms with Crippen molar-refractivity contribution in [2.75, 3.05) is 0 Å². The predicted molar refractivity (Wildman–Crippen MR) is 82.9 cm³/mol. The van der Waals surface area contributed by atoms with E-state index in [1.54, 1.807) is 12.4 Å². The van der Waals surface area contributed by atoms with Gasteiger partial charge in [-0.2, -0.15) is 0 Å². The molecular weight excluding hydrogens is 270 g/mol. The van der Waals surface area contributed by atoms with Gasteiger partial charge in [-0.15, -0.1) is 0 Å². The number of hydrogen-bond donors (Lipinski definition) is 1. The summed E-state index contributed by atoms with van der Waals surface area (Å²) >= 11 is 6.06. The van der Waals surface area contributed by atoms with Crippen molar-refractivity contribution in [1.29, 1.82) is 0 Å². The van der Waals surface area contributed by atoms with Crippen LogP contribution in [0.25, 0.3) is 0 Å². The molecule has 20 heavy (non-hydrogen) atoms. The Balaban J connectivity index is 2.06. The van der Waals surface area contributed by atoms with Gasteiger partial charge in [-0.25, -0.2) is 0 Å². The Morgan fingerprint density at radius 1 is 1.10 bits per heavy atom. The fourth-order valence-corrected chi connectivity index (χ4v) is 2.44. The first-order chi connectivity index (χ1) is 9.56. The summed E-state index contributed by atoms with van der Waals surface area (Å²) < 4.78 is 0. The van der Waals surface area contributed by atoms with Crippen molar-refractivity contribution in [1.82, 2.24) is 4.98 Å². The van der Waals surface area contributed by atoms with Gasteiger partial charge in [0.1, 0.15) is 0 Å². The van der Waals surface area contributed by atoms with Crippen molar-refractivity contribution in [2.45, 2.75) is 32.8 Å². The van der Waals surface area contributed by atoms with Crippen molar-refractivity contribution in [3.8, 4) is 0 Å². The van der Waals surface area contributed by atoms with E-state index in [0.717, 1.165) is 17.5 Å². The molecular formula is C17H20ClNO. The molecule has 0 aliphatic rings. The second-order valence-electron chi connectivity index (χ2n) is 5.53. The number of pyridine rings is 1. The van der Waals surface area contributed by atoms with Crippen molar-refractivity contribution >= 4 is 11.6 Å². The molecule has 1 aromatic carbocycles. The summed E-state index contributed by atoms with van der Waals surface area (Å²) in [7, 11) is 0. The van der Waals surface area contributed by atoms with Crippen LogP contribution in [-0.2, 0) is 12.8 Å². The minimum atomic E-state index is -0.539. The van der Waals surface area contributed by atoms with E-state index < -0.39 is 6.10 Å². The van der Waals surface area contributed by atoms with Gasteiger partial charge in [0.05, 0.1) is 11.1 Å². The van der Waals surface area contributed by atoms with E-state index in [0.29, 0.717) is 17.4 Å². The molecule has 0 spiro atoms. The second kappa shape index (κ2) is 6.87. The van der Waals surface area contributed by atoms with Crippen LogP contribution in [0.3, 0.4) is 0 Å². The van der Waals surface area contributed by atoms with Crippen LogP contribution in [0.15, 0.2) is 42.7 Å². The van der Waals surface area contributed by atoms with Crippen molar-refractivity contribution in [3.63, 3.8) is 0 Å². The number of halogens is 1. The minimum absolute atomic E-state index is 0.505. The molecule has 1 unspecified atom stereocenters. The summed E-state index contributed by atoms with van der Waals surface area (Å²) in [5.74, 6) is 0.640. The SMILES string of the molecule is CC(C)Cc1ccc(C(O)Cc2ccncc2Cl)cc1. The van der Waals surface area contributed by atoms with E-state index in [4.69, 9.17) is 11.6 Å². The number of hydrogen-bond acceptors (Lipinski definition) is 2. The number of rotatable bonds is 5. The van der Waals surface area contributed by atoms with Gasteiger partial charge in [0.15, 0.2) is 0 Å². The van der Waals surface area contributed by atoms with Gasteiger partial charge in [-0.1, -0.05) is 49.7 Å². The van der Waals surface area contributed by atoms with E-state index in [2.05, 4.69) is 31.0 Å². The summed E-state index contributed by atoms with van der Waals surface area (Å²) in [6.45, 7) is 4.41. The molecule has 0 fully saturated rings. The molecule has 1 heterocycles. The lowest BCUT2D eigenvalue weighted by Gasteiger charge is -2.13. The number of aromatic nitrogens is 1. The van der Waals surface area contributed by atoms with Crippen LogP contribution in [0, 0.1) is 5.92 Å². The first kappa shape index (κ1) is 15.0. The number of aliphatic hydroxyl groups excluding tert-OH is 1. The lowest BCUT2D eigenvalue weighted by Crippen LogP contribution is -2.03.